The number of esters is 1. The number of benzene rings is 3. The molecular weight excluding hydrogens is 338 g/mol. The summed E-state index contributed by atoms with van der Waals surface area (Å²) in [6.07, 6.45) is 0. The van der Waals surface area contributed by atoms with Crippen LogP contribution in [0.2, 0.25) is 0 Å². The lowest BCUT2D eigenvalue weighted by molar-refractivity contribution is 0.0601. The summed E-state index contributed by atoms with van der Waals surface area (Å²) in [5.74, 6) is 0.0853. The molecule has 0 aliphatic rings. The van der Waals surface area contributed by atoms with Gasteiger partial charge in [0.1, 0.15) is 0 Å². The van der Waals surface area contributed by atoms with Gasteiger partial charge in [-0.15, -0.1) is 0 Å². The van der Waals surface area contributed by atoms with Crippen LogP contribution >= 0.6 is 0 Å². The second kappa shape index (κ2) is 6.96. The van der Waals surface area contributed by atoms with Crippen LogP contribution in [0, 0.1) is 0 Å². The molecule has 0 bridgehead atoms. The smallest absolute Gasteiger partial charge is 0.338 e. The van der Waals surface area contributed by atoms with Crippen molar-refractivity contribution in [1.29, 1.82) is 0 Å². The molecule has 0 spiro atoms. The maximum Gasteiger partial charge on any atom is 0.338 e. The van der Waals surface area contributed by atoms with Gasteiger partial charge in [-0.1, -0.05) is 54.6 Å². The first-order chi connectivity index (χ1) is 13.2. The first-order valence-corrected chi connectivity index (χ1v) is 8.65. The van der Waals surface area contributed by atoms with E-state index in [-0.39, 0.29) is 5.97 Å². The Labute approximate surface area is 157 Å². The minimum absolute atomic E-state index is 0.362. The van der Waals surface area contributed by atoms with E-state index in [9.17, 15) is 4.79 Å². The Morgan fingerprint density at radius 2 is 1.78 bits per heavy atom. The lowest BCUT2D eigenvalue weighted by atomic mass is 9.97. The molecule has 0 amide bonds. The Balaban J connectivity index is 1.78. The number of ether oxygens (including phenoxy) is 1. The van der Waals surface area contributed by atoms with E-state index in [1.165, 1.54) is 7.11 Å². The third kappa shape index (κ3) is 3.15. The van der Waals surface area contributed by atoms with Crippen LogP contribution in [0.25, 0.3) is 22.2 Å². The number of anilines is 1. The van der Waals surface area contributed by atoms with Gasteiger partial charge >= 0.3 is 5.97 Å². The van der Waals surface area contributed by atoms with Gasteiger partial charge in [-0.25, -0.2) is 9.78 Å². The lowest BCUT2D eigenvalue weighted by Crippen LogP contribution is -2.08. The van der Waals surface area contributed by atoms with Crippen LogP contribution in [0.5, 0.6) is 0 Å². The fraction of sp³-hybridized carbons (Fsp3) is 0.0909. The number of carbonyl (C=O) groups is 1. The quantitative estimate of drug-likeness (QED) is 0.558. The number of rotatable bonds is 4. The standard InChI is InChI=1S/C22H19N3O2/c1-27-21(26)18-13-15(11-12-17(18)16-7-3-2-4-8-16)14-25-20-10-6-5-9-19(20)24-22(25)23/h2-13H,14H2,1H3,(H2,23,24). The van der Waals surface area contributed by atoms with Crippen LogP contribution in [0.3, 0.4) is 0 Å². The van der Waals surface area contributed by atoms with Crippen molar-refractivity contribution in [3.63, 3.8) is 0 Å². The Morgan fingerprint density at radius 3 is 2.56 bits per heavy atom. The van der Waals surface area contributed by atoms with Gasteiger partial charge < -0.3 is 15.0 Å². The number of aromatic nitrogens is 2. The van der Waals surface area contributed by atoms with Crippen LogP contribution in [0.4, 0.5) is 5.95 Å². The molecule has 0 radical (unpaired) electrons. The zero-order valence-electron chi connectivity index (χ0n) is 14.9. The van der Waals surface area contributed by atoms with Gasteiger partial charge in [-0.05, 0) is 34.9 Å². The highest BCUT2D eigenvalue weighted by molar-refractivity contribution is 5.97. The van der Waals surface area contributed by atoms with Gasteiger partial charge in [0.05, 0.1) is 30.3 Å². The summed E-state index contributed by atoms with van der Waals surface area (Å²) in [6, 6.07) is 23.4. The number of para-hydroxylation sites is 2. The molecule has 1 heterocycles. The second-order valence-electron chi connectivity index (χ2n) is 6.28. The Morgan fingerprint density at radius 1 is 1.04 bits per heavy atom. The highest BCUT2D eigenvalue weighted by atomic mass is 16.5. The molecular formula is C22H19N3O2. The van der Waals surface area contributed by atoms with Gasteiger partial charge in [0, 0.05) is 0 Å². The maximum atomic E-state index is 12.4. The fourth-order valence-electron chi connectivity index (χ4n) is 3.28. The summed E-state index contributed by atoms with van der Waals surface area (Å²) in [6.45, 7) is 0.519. The van der Waals surface area contributed by atoms with Gasteiger partial charge in [0.25, 0.3) is 0 Å². The normalized spacial score (nSPS) is 10.9. The number of carbonyl (C=O) groups excluding carboxylic acids is 1. The zero-order chi connectivity index (χ0) is 18.8. The van der Waals surface area contributed by atoms with E-state index in [2.05, 4.69) is 4.98 Å². The van der Waals surface area contributed by atoms with E-state index in [0.717, 1.165) is 27.7 Å². The first-order valence-electron chi connectivity index (χ1n) is 8.65. The van der Waals surface area contributed by atoms with E-state index in [1.807, 2.05) is 77.4 Å². The van der Waals surface area contributed by atoms with E-state index in [1.54, 1.807) is 0 Å². The van der Waals surface area contributed by atoms with Crippen molar-refractivity contribution in [2.24, 2.45) is 0 Å². The van der Waals surface area contributed by atoms with Crippen LogP contribution in [-0.2, 0) is 11.3 Å². The van der Waals surface area contributed by atoms with Gasteiger partial charge in [-0.3, -0.25) is 0 Å². The monoisotopic (exact) mass is 357 g/mol. The van der Waals surface area contributed by atoms with E-state index in [0.29, 0.717) is 18.1 Å². The molecule has 3 aromatic carbocycles. The Hall–Kier alpha value is -3.60. The van der Waals surface area contributed by atoms with E-state index in [4.69, 9.17) is 10.5 Å². The summed E-state index contributed by atoms with van der Waals surface area (Å²) in [4.78, 5) is 16.8. The first kappa shape index (κ1) is 16.8. The van der Waals surface area contributed by atoms with E-state index < -0.39 is 0 Å². The summed E-state index contributed by atoms with van der Waals surface area (Å²) in [5.41, 5.74) is 11.2. The summed E-state index contributed by atoms with van der Waals surface area (Å²) >= 11 is 0. The molecule has 0 unspecified atom stereocenters. The molecule has 4 aromatic rings. The van der Waals surface area contributed by atoms with Crippen molar-refractivity contribution in [3.8, 4) is 11.1 Å². The number of hydrogen-bond acceptors (Lipinski definition) is 4. The SMILES string of the molecule is COC(=O)c1cc(Cn2c(N)nc3ccccc32)ccc1-c1ccccc1. The third-order valence-electron chi connectivity index (χ3n) is 4.60. The zero-order valence-corrected chi connectivity index (χ0v) is 14.9. The maximum absolute atomic E-state index is 12.4. The molecule has 0 aliphatic carbocycles. The largest absolute Gasteiger partial charge is 0.465 e. The second-order valence-corrected chi connectivity index (χ2v) is 6.28. The van der Waals surface area contributed by atoms with E-state index >= 15 is 0 Å². The number of methoxy groups -OCH3 is 1. The number of nitrogens with two attached hydrogens (primary N) is 1. The molecule has 0 fully saturated rings. The average molecular weight is 357 g/mol. The topological polar surface area (TPSA) is 70.1 Å². The molecule has 0 aliphatic heterocycles. The lowest BCUT2D eigenvalue weighted by Gasteiger charge is -2.12. The predicted molar refractivity (Wildman–Crippen MR) is 106 cm³/mol. The fourth-order valence-corrected chi connectivity index (χ4v) is 3.28. The van der Waals surface area contributed by atoms with Crippen LogP contribution in [0.1, 0.15) is 15.9 Å². The van der Waals surface area contributed by atoms with Gasteiger partial charge in [-0.2, -0.15) is 0 Å². The van der Waals surface area contributed by atoms with Crippen LogP contribution in [-0.4, -0.2) is 22.6 Å². The number of hydrogen-bond donors (Lipinski definition) is 1. The molecule has 0 atom stereocenters. The number of imidazole rings is 1. The molecule has 2 N–H and O–H groups in total. The Kier molecular flexibility index (Phi) is 4.34. The predicted octanol–water partition coefficient (Wildman–Crippen LogP) is 4.12. The van der Waals surface area contributed by atoms with Crippen LogP contribution in [0.15, 0.2) is 72.8 Å². The van der Waals surface area contributed by atoms with Crippen molar-refractivity contribution in [1.82, 2.24) is 9.55 Å². The van der Waals surface area contributed by atoms with Crippen molar-refractivity contribution >= 4 is 23.0 Å². The highest BCUT2D eigenvalue weighted by Gasteiger charge is 2.15. The molecule has 5 nitrogen and oxygen atoms in total. The molecule has 0 saturated heterocycles. The molecule has 4 rings (SSSR count). The Bertz CT molecular complexity index is 1120. The summed E-state index contributed by atoms with van der Waals surface area (Å²) in [5, 5.41) is 0. The molecule has 5 heteroatoms. The minimum Gasteiger partial charge on any atom is -0.465 e. The van der Waals surface area contributed by atoms with Crippen molar-refractivity contribution in [2.45, 2.75) is 6.54 Å². The molecule has 1 aromatic heterocycles. The van der Waals surface area contributed by atoms with Crippen molar-refractivity contribution < 1.29 is 9.53 Å². The molecule has 27 heavy (non-hydrogen) atoms. The number of fused-ring (bicyclic) bond motifs is 1. The minimum atomic E-state index is -0.362. The number of nitrogen functional groups attached to an aromatic ring is 1. The number of nitrogens with zero attached hydrogens (tertiary/aromatic N) is 2. The third-order valence-corrected chi connectivity index (χ3v) is 4.60. The molecule has 0 saturated carbocycles. The van der Waals surface area contributed by atoms with Crippen molar-refractivity contribution in [2.75, 3.05) is 12.8 Å². The van der Waals surface area contributed by atoms with Gasteiger partial charge in [0.2, 0.25) is 5.95 Å². The molecule has 134 valence electrons. The average Bonchev–Trinajstić information content (AvgIpc) is 3.03. The van der Waals surface area contributed by atoms with Gasteiger partial charge in [0.15, 0.2) is 0 Å². The summed E-state index contributed by atoms with van der Waals surface area (Å²) in [7, 11) is 1.39. The highest BCUT2D eigenvalue weighted by Crippen LogP contribution is 2.27. The summed E-state index contributed by atoms with van der Waals surface area (Å²) < 4.78 is 6.94. The van der Waals surface area contributed by atoms with Crippen LogP contribution < -0.4 is 5.73 Å². The van der Waals surface area contributed by atoms with Crippen molar-refractivity contribution in [3.05, 3.63) is 83.9 Å².